The van der Waals surface area contributed by atoms with E-state index in [4.69, 9.17) is 5.73 Å². The van der Waals surface area contributed by atoms with Crippen LogP contribution in [0.25, 0.3) is 0 Å². The Kier molecular flexibility index (Phi) is 3.40. The number of piperidine rings is 1. The fourth-order valence-electron chi connectivity index (χ4n) is 3.56. The van der Waals surface area contributed by atoms with Crippen molar-refractivity contribution in [2.24, 2.45) is 11.7 Å². The summed E-state index contributed by atoms with van der Waals surface area (Å²) in [6.45, 7) is 5.90. The molecule has 0 bridgehead atoms. The second kappa shape index (κ2) is 5.02. The van der Waals surface area contributed by atoms with Crippen LogP contribution in [0, 0.1) is 5.92 Å². The first-order chi connectivity index (χ1) is 8.78. The third kappa shape index (κ3) is 2.19. The fourth-order valence-corrected chi connectivity index (χ4v) is 3.56. The first kappa shape index (κ1) is 12.2. The Hall–Kier alpha value is -0.860. The molecule has 1 aromatic carbocycles. The molecule has 2 nitrogen and oxygen atoms in total. The molecule has 3 unspecified atom stereocenters. The molecule has 0 aromatic heterocycles. The number of nitrogens with two attached hydrogens (primary N) is 1. The predicted octanol–water partition coefficient (Wildman–Crippen LogP) is 2.39. The van der Waals surface area contributed by atoms with Gasteiger partial charge < -0.3 is 10.6 Å². The zero-order valence-corrected chi connectivity index (χ0v) is 11.3. The van der Waals surface area contributed by atoms with Crippen molar-refractivity contribution in [1.29, 1.82) is 0 Å². The summed E-state index contributed by atoms with van der Waals surface area (Å²) in [4.78, 5) is 2.64. The molecule has 1 aliphatic heterocycles. The summed E-state index contributed by atoms with van der Waals surface area (Å²) in [5, 5.41) is 0. The first-order valence-electron chi connectivity index (χ1n) is 7.33. The number of rotatable bonds is 3. The highest BCUT2D eigenvalue weighted by Crippen LogP contribution is 2.36. The van der Waals surface area contributed by atoms with E-state index in [-0.39, 0.29) is 0 Å². The van der Waals surface area contributed by atoms with E-state index >= 15 is 0 Å². The van der Waals surface area contributed by atoms with Gasteiger partial charge in [-0.15, -0.1) is 0 Å². The van der Waals surface area contributed by atoms with Crippen molar-refractivity contribution >= 4 is 0 Å². The Labute approximate surface area is 110 Å². The molecule has 3 rings (SSSR count). The van der Waals surface area contributed by atoms with Crippen molar-refractivity contribution < 1.29 is 0 Å². The molecule has 3 atom stereocenters. The van der Waals surface area contributed by atoms with Gasteiger partial charge in [-0.3, -0.25) is 0 Å². The van der Waals surface area contributed by atoms with Gasteiger partial charge in [-0.25, -0.2) is 0 Å². The maximum Gasteiger partial charge on any atom is 0.00914 e. The average Bonchev–Trinajstić information content (AvgIpc) is 2.38. The maximum absolute atomic E-state index is 6.18. The molecule has 1 fully saturated rings. The molecule has 1 aromatic rings. The van der Waals surface area contributed by atoms with Crippen LogP contribution in [0.4, 0.5) is 0 Å². The Morgan fingerprint density at radius 1 is 1.33 bits per heavy atom. The lowest BCUT2D eigenvalue weighted by atomic mass is 9.77. The third-order valence-corrected chi connectivity index (χ3v) is 4.84. The van der Waals surface area contributed by atoms with Crippen LogP contribution in [0.1, 0.15) is 36.8 Å². The van der Waals surface area contributed by atoms with E-state index in [1.165, 1.54) is 38.9 Å². The summed E-state index contributed by atoms with van der Waals surface area (Å²) in [7, 11) is 0. The van der Waals surface area contributed by atoms with Crippen LogP contribution in [-0.4, -0.2) is 30.6 Å². The SMILES string of the molecule is CCC1CN(CC2Cc3ccccc32)CCC1N. The Bertz CT molecular complexity index is 415. The molecule has 98 valence electrons. The van der Waals surface area contributed by atoms with E-state index in [1.54, 1.807) is 11.1 Å². The molecule has 1 saturated heterocycles. The van der Waals surface area contributed by atoms with Gasteiger partial charge in [-0.1, -0.05) is 37.6 Å². The van der Waals surface area contributed by atoms with E-state index in [0.717, 1.165) is 5.92 Å². The summed E-state index contributed by atoms with van der Waals surface area (Å²) in [5.74, 6) is 1.47. The molecule has 0 amide bonds. The Morgan fingerprint density at radius 2 is 2.17 bits per heavy atom. The number of hydrogen-bond acceptors (Lipinski definition) is 2. The molecule has 0 spiro atoms. The number of fused-ring (bicyclic) bond motifs is 1. The van der Waals surface area contributed by atoms with Gasteiger partial charge in [0.1, 0.15) is 0 Å². The summed E-state index contributed by atoms with van der Waals surface area (Å²) in [5.41, 5.74) is 9.32. The summed E-state index contributed by atoms with van der Waals surface area (Å²) < 4.78 is 0. The van der Waals surface area contributed by atoms with Gasteiger partial charge in [-0.2, -0.15) is 0 Å². The molecule has 18 heavy (non-hydrogen) atoms. The molecule has 2 aliphatic rings. The highest BCUT2D eigenvalue weighted by Gasteiger charge is 2.31. The summed E-state index contributed by atoms with van der Waals surface area (Å²) in [6.07, 6.45) is 3.67. The number of nitrogens with zero attached hydrogens (tertiary/aromatic N) is 1. The number of likely N-dealkylation sites (tertiary alicyclic amines) is 1. The number of hydrogen-bond donors (Lipinski definition) is 1. The van der Waals surface area contributed by atoms with Gasteiger partial charge in [0.2, 0.25) is 0 Å². The van der Waals surface area contributed by atoms with Crippen molar-refractivity contribution in [2.45, 2.75) is 38.1 Å². The van der Waals surface area contributed by atoms with Crippen LogP contribution in [0.2, 0.25) is 0 Å². The van der Waals surface area contributed by atoms with Gasteiger partial charge in [0.15, 0.2) is 0 Å². The molecule has 1 aliphatic carbocycles. The zero-order chi connectivity index (χ0) is 12.5. The summed E-state index contributed by atoms with van der Waals surface area (Å²) in [6, 6.07) is 9.33. The van der Waals surface area contributed by atoms with Gasteiger partial charge in [-0.05, 0) is 36.4 Å². The lowest BCUT2D eigenvalue weighted by Crippen LogP contribution is -2.48. The minimum atomic E-state index is 0.430. The van der Waals surface area contributed by atoms with Crippen molar-refractivity contribution in [3.05, 3.63) is 35.4 Å². The largest absolute Gasteiger partial charge is 0.327 e. The topological polar surface area (TPSA) is 29.3 Å². The van der Waals surface area contributed by atoms with E-state index < -0.39 is 0 Å². The van der Waals surface area contributed by atoms with E-state index in [0.29, 0.717) is 12.0 Å². The normalized spacial score (nSPS) is 31.8. The van der Waals surface area contributed by atoms with Gasteiger partial charge in [0.05, 0.1) is 0 Å². The molecule has 0 saturated carbocycles. The smallest absolute Gasteiger partial charge is 0.00914 e. The van der Waals surface area contributed by atoms with Gasteiger partial charge >= 0.3 is 0 Å². The summed E-state index contributed by atoms with van der Waals surface area (Å²) >= 11 is 0. The van der Waals surface area contributed by atoms with Crippen molar-refractivity contribution in [2.75, 3.05) is 19.6 Å². The van der Waals surface area contributed by atoms with Gasteiger partial charge in [0.25, 0.3) is 0 Å². The lowest BCUT2D eigenvalue weighted by molar-refractivity contribution is 0.141. The minimum absolute atomic E-state index is 0.430. The van der Waals surface area contributed by atoms with Crippen molar-refractivity contribution in [3.8, 4) is 0 Å². The van der Waals surface area contributed by atoms with Crippen LogP contribution in [0.5, 0.6) is 0 Å². The molecular weight excluding hydrogens is 220 g/mol. The van der Waals surface area contributed by atoms with E-state index in [9.17, 15) is 0 Å². The van der Waals surface area contributed by atoms with Crippen LogP contribution < -0.4 is 5.73 Å². The van der Waals surface area contributed by atoms with Gasteiger partial charge in [0, 0.05) is 25.0 Å². The predicted molar refractivity (Wildman–Crippen MR) is 75.7 cm³/mol. The van der Waals surface area contributed by atoms with Crippen LogP contribution in [0.15, 0.2) is 24.3 Å². The molecule has 0 radical (unpaired) electrons. The van der Waals surface area contributed by atoms with Crippen molar-refractivity contribution in [3.63, 3.8) is 0 Å². The zero-order valence-electron chi connectivity index (χ0n) is 11.3. The quantitative estimate of drug-likeness (QED) is 0.884. The standard InChI is InChI=1S/C16H24N2/c1-2-12-10-18(8-7-16(12)17)11-14-9-13-5-3-4-6-15(13)14/h3-6,12,14,16H,2,7-11,17H2,1H3. The molecule has 2 N–H and O–H groups in total. The average molecular weight is 244 g/mol. The highest BCUT2D eigenvalue weighted by molar-refractivity contribution is 5.40. The third-order valence-electron chi connectivity index (χ3n) is 4.84. The fraction of sp³-hybridized carbons (Fsp3) is 0.625. The monoisotopic (exact) mass is 244 g/mol. The van der Waals surface area contributed by atoms with E-state index in [1.807, 2.05) is 0 Å². The molecule has 1 heterocycles. The molecular formula is C16H24N2. The van der Waals surface area contributed by atoms with Crippen molar-refractivity contribution in [1.82, 2.24) is 4.90 Å². The highest BCUT2D eigenvalue weighted by atomic mass is 15.1. The molecule has 2 heteroatoms. The van der Waals surface area contributed by atoms with Crippen LogP contribution in [0.3, 0.4) is 0 Å². The Morgan fingerprint density at radius 3 is 2.94 bits per heavy atom. The van der Waals surface area contributed by atoms with Crippen LogP contribution in [-0.2, 0) is 6.42 Å². The minimum Gasteiger partial charge on any atom is -0.327 e. The number of benzene rings is 1. The second-order valence-corrected chi connectivity index (χ2v) is 5.98. The Balaban J connectivity index is 1.59. The maximum atomic E-state index is 6.18. The van der Waals surface area contributed by atoms with E-state index in [2.05, 4.69) is 36.1 Å². The van der Waals surface area contributed by atoms with Crippen LogP contribution >= 0.6 is 0 Å². The second-order valence-electron chi connectivity index (χ2n) is 5.98. The first-order valence-corrected chi connectivity index (χ1v) is 7.33. The lowest BCUT2D eigenvalue weighted by Gasteiger charge is -2.40.